The summed E-state index contributed by atoms with van der Waals surface area (Å²) >= 11 is 0. The van der Waals surface area contributed by atoms with Crippen LogP contribution in [-0.4, -0.2) is 52.3 Å². The molecule has 2 aromatic rings. The normalized spacial score (nSPS) is 17.3. The van der Waals surface area contributed by atoms with Gasteiger partial charge >= 0.3 is 0 Å². The average Bonchev–Trinajstić information content (AvgIpc) is 3.01. The molecule has 3 rings (SSSR count). The summed E-state index contributed by atoms with van der Waals surface area (Å²) in [4.78, 5) is 2.63. The van der Waals surface area contributed by atoms with E-state index < -0.39 is 9.64 Å². The van der Waals surface area contributed by atoms with E-state index in [1.807, 2.05) is 26.1 Å². The zero-order valence-electron chi connectivity index (χ0n) is 21.6. The van der Waals surface area contributed by atoms with Crippen molar-refractivity contribution in [3.63, 3.8) is 0 Å². The minimum absolute atomic E-state index is 0.229. The second-order valence-electron chi connectivity index (χ2n) is 10.5. The van der Waals surface area contributed by atoms with Gasteiger partial charge in [0.15, 0.2) is 0 Å². The first-order valence-corrected chi connectivity index (χ1v) is 14.5. The zero-order chi connectivity index (χ0) is 24.4. The first-order valence-electron chi connectivity index (χ1n) is 12.3. The minimum atomic E-state index is -4.78. The molecule has 0 spiro atoms. The van der Waals surface area contributed by atoms with E-state index in [0.29, 0.717) is 18.0 Å². The molecule has 0 bridgehead atoms. The summed E-state index contributed by atoms with van der Waals surface area (Å²) in [6.45, 7) is 8.51. The summed E-state index contributed by atoms with van der Waals surface area (Å²) in [6, 6.07) is 7.31. The Morgan fingerprint density at radius 1 is 1.18 bits per heavy atom. The van der Waals surface area contributed by atoms with Crippen molar-refractivity contribution in [3.8, 4) is 0 Å². The monoisotopic (exact) mass is 478 g/mol. The van der Waals surface area contributed by atoms with Crippen molar-refractivity contribution in [1.82, 2.24) is 14.7 Å². The lowest BCUT2D eigenvalue weighted by Gasteiger charge is -2.40. The van der Waals surface area contributed by atoms with Gasteiger partial charge in [0, 0.05) is 20.4 Å². The second kappa shape index (κ2) is 9.87. The number of aryl methyl sites for hydroxylation is 2. The lowest BCUT2D eigenvalue weighted by Crippen LogP contribution is -2.44. The molecule has 0 atom stereocenters. The second-order valence-corrected chi connectivity index (χ2v) is 13.9. The number of benzene rings is 1. The van der Waals surface area contributed by atoms with Crippen molar-refractivity contribution in [3.05, 3.63) is 41.2 Å². The fraction of sp³-hybridized carbons (Fsp3) is 0.654. The SMILES string of the molecule is Cc1c(N(C)S(C)(=O)(F)c2ccc(CCCC3CCN(C)CC3)cc2)c(CC(C)C)nn1C. The van der Waals surface area contributed by atoms with Gasteiger partial charge in [-0.15, -0.1) is 3.89 Å². The summed E-state index contributed by atoms with van der Waals surface area (Å²) in [6.07, 6.45) is 7.88. The molecule has 0 radical (unpaired) electrons. The molecule has 186 valence electrons. The highest BCUT2D eigenvalue weighted by Crippen LogP contribution is 2.43. The Hall–Kier alpha value is -1.73. The Morgan fingerprint density at radius 3 is 2.36 bits per heavy atom. The van der Waals surface area contributed by atoms with Crippen LogP contribution in [0.25, 0.3) is 0 Å². The van der Waals surface area contributed by atoms with Crippen LogP contribution in [0.5, 0.6) is 0 Å². The van der Waals surface area contributed by atoms with Crippen molar-refractivity contribution >= 4 is 15.3 Å². The third-order valence-electron chi connectivity index (χ3n) is 7.28. The van der Waals surface area contributed by atoms with Crippen molar-refractivity contribution in [2.45, 2.75) is 64.2 Å². The standard InChI is InChI=1S/C26H43FN4OS/c1-20(2)19-25-26(21(3)30(5)28-25)31(6)33(7,27,32)24-13-11-22(12-14-24)9-8-10-23-15-17-29(4)18-16-23/h11-14,20,23H,8-10,15-19H2,1-7H3. The van der Waals surface area contributed by atoms with Crippen molar-refractivity contribution < 1.29 is 8.09 Å². The molecule has 1 aromatic carbocycles. The summed E-state index contributed by atoms with van der Waals surface area (Å²) in [5.41, 5.74) is 3.42. The lowest BCUT2D eigenvalue weighted by molar-refractivity contribution is 0.210. The number of anilines is 1. The molecular formula is C26H43FN4OS. The van der Waals surface area contributed by atoms with Crippen molar-refractivity contribution in [1.29, 1.82) is 0 Å². The highest BCUT2D eigenvalue weighted by molar-refractivity contribution is 8.16. The van der Waals surface area contributed by atoms with Gasteiger partial charge in [-0.3, -0.25) is 8.99 Å². The number of hydrogen-bond donors (Lipinski definition) is 0. The molecule has 1 saturated heterocycles. The Bertz CT molecular complexity index is 1000. The molecule has 0 N–H and O–H groups in total. The molecule has 0 unspecified atom stereocenters. The van der Waals surface area contributed by atoms with Gasteiger partial charge in [-0.05, 0) is 88.7 Å². The van der Waals surface area contributed by atoms with E-state index in [4.69, 9.17) is 0 Å². The van der Waals surface area contributed by atoms with Crippen molar-refractivity contribution in [2.75, 3.05) is 37.7 Å². The largest absolute Gasteiger partial charge is 0.306 e. The smallest absolute Gasteiger partial charge is 0.121 e. The lowest BCUT2D eigenvalue weighted by atomic mass is 9.91. The molecule has 5 nitrogen and oxygen atoms in total. The Morgan fingerprint density at radius 2 is 1.79 bits per heavy atom. The topological polar surface area (TPSA) is 41.4 Å². The van der Waals surface area contributed by atoms with E-state index in [-0.39, 0.29) is 4.90 Å². The molecule has 7 heteroatoms. The molecule has 0 amide bonds. The number of nitrogens with zero attached hydrogens (tertiary/aromatic N) is 4. The highest BCUT2D eigenvalue weighted by atomic mass is 32.3. The Balaban J connectivity index is 1.73. The van der Waals surface area contributed by atoms with E-state index in [1.165, 1.54) is 48.5 Å². The summed E-state index contributed by atoms with van der Waals surface area (Å²) in [5, 5.41) is 4.58. The molecule has 1 aromatic heterocycles. The Labute approximate surface area is 200 Å². The van der Waals surface area contributed by atoms with Gasteiger partial charge in [0.05, 0.1) is 22.0 Å². The number of piperidine rings is 1. The third-order valence-corrected chi connectivity index (χ3v) is 10.0. The summed E-state index contributed by atoms with van der Waals surface area (Å²) < 4.78 is 33.3. The van der Waals surface area contributed by atoms with Crippen LogP contribution < -0.4 is 4.31 Å². The van der Waals surface area contributed by atoms with Crippen LogP contribution in [0.4, 0.5) is 9.57 Å². The van der Waals surface area contributed by atoms with Crippen LogP contribution in [-0.2, 0) is 29.5 Å². The van der Waals surface area contributed by atoms with Gasteiger partial charge in [-0.1, -0.05) is 32.4 Å². The fourth-order valence-electron chi connectivity index (χ4n) is 4.87. The summed E-state index contributed by atoms with van der Waals surface area (Å²) in [5.74, 6) is 1.19. The van der Waals surface area contributed by atoms with Gasteiger partial charge < -0.3 is 4.90 Å². The quantitative estimate of drug-likeness (QED) is 0.457. The van der Waals surface area contributed by atoms with Crippen LogP contribution in [0.1, 0.15) is 56.5 Å². The molecule has 2 heterocycles. The molecule has 1 aliphatic rings. The Kier molecular flexibility index (Phi) is 7.74. The number of likely N-dealkylation sites (tertiary alicyclic amines) is 1. The molecular weight excluding hydrogens is 435 g/mol. The molecule has 0 saturated carbocycles. The number of aromatic nitrogens is 2. The van der Waals surface area contributed by atoms with Gasteiger partial charge in [0.1, 0.15) is 9.64 Å². The maximum absolute atomic E-state index is 16.4. The molecule has 33 heavy (non-hydrogen) atoms. The molecule has 1 aliphatic heterocycles. The number of rotatable bonds is 9. The van der Waals surface area contributed by atoms with Crippen LogP contribution in [0.15, 0.2) is 29.2 Å². The molecule has 1 fully saturated rings. The third kappa shape index (κ3) is 5.86. The summed E-state index contributed by atoms with van der Waals surface area (Å²) in [7, 11) is 0.857. The number of halogens is 1. The van der Waals surface area contributed by atoms with E-state index in [9.17, 15) is 4.21 Å². The van der Waals surface area contributed by atoms with Crippen LogP contribution in [0.3, 0.4) is 0 Å². The van der Waals surface area contributed by atoms with Gasteiger partial charge in [0.2, 0.25) is 0 Å². The number of hydrogen-bond acceptors (Lipinski definition) is 3. The van der Waals surface area contributed by atoms with E-state index in [0.717, 1.165) is 30.1 Å². The first kappa shape index (κ1) is 25.9. The maximum atomic E-state index is 16.4. The van der Waals surface area contributed by atoms with E-state index in [2.05, 4.69) is 30.9 Å². The van der Waals surface area contributed by atoms with Crippen molar-refractivity contribution in [2.24, 2.45) is 18.9 Å². The fourth-order valence-corrected chi connectivity index (χ4v) is 6.59. The van der Waals surface area contributed by atoms with Crippen LogP contribution >= 0.6 is 0 Å². The van der Waals surface area contributed by atoms with E-state index >= 15 is 3.89 Å². The van der Waals surface area contributed by atoms with Gasteiger partial charge in [-0.2, -0.15) is 5.10 Å². The van der Waals surface area contributed by atoms with Crippen LogP contribution in [0, 0.1) is 18.8 Å². The molecule has 0 aliphatic carbocycles. The predicted molar refractivity (Wildman–Crippen MR) is 138 cm³/mol. The minimum Gasteiger partial charge on any atom is -0.306 e. The first-order chi connectivity index (χ1) is 15.4. The van der Waals surface area contributed by atoms with Gasteiger partial charge in [-0.25, -0.2) is 4.21 Å². The van der Waals surface area contributed by atoms with Gasteiger partial charge in [0.25, 0.3) is 0 Å². The van der Waals surface area contributed by atoms with Crippen LogP contribution in [0.2, 0.25) is 0 Å². The maximum Gasteiger partial charge on any atom is 0.121 e. The average molecular weight is 479 g/mol. The van der Waals surface area contributed by atoms with E-state index in [1.54, 1.807) is 23.9 Å². The predicted octanol–water partition coefficient (Wildman–Crippen LogP) is 5.34. The zero-order valence-corrected chi connectivity index (χ0v) is 22.4. The highest BCUT2D eigenvalue weighted by Gasteiger charge is 2.40.